The number of aryl methyl sites for hydroxylation is 1. The number of allylic oxidation sites excluding steroid dienone is 1. The van der Waals surface area contributed by atoms with Crippen LogP contribution in [0.25, 0.3) is 0 Å². The third-order valence-corrected chi connectivity index (χ3v) is 1.88. The molecule has 0 N–H and O–H groups in total. The van der Waals surface area contributed by atoms with Gasteiger partial charge in [0.05, 0.1) is 19.0 Å². The van der Waals surface area contributed by atoms with Crippen molar-refractivity contribution in [2.45, 2.75) is 32.7 Å². The first-order chi connectivity index (χ1) is 6.86. The molecule has 0 saturated heterocycles. The van der Waals surface area contributed by atoms with E-state index in [0.717, 1.165) is 38.2 Å². The lowest BCUT2D eigenvalue weighted by atomic mass is 10.3. The van der Waals surface area contributed by atoms with Crippen LogP contribution in [0.15, 0.2) is 25.0 Å². The first kappa shape index (κ1) is 10.8. The van der Waals surface area contributed by atoms with Crippen molar-refractivity contribution in [2.24, 2.45) is 0 Å². The van der Waals surface area contributed by atoms with Crippen LogP contribution >= 0.6 is 0 Å². The molecular formula is C11H18N2O. The summed E-state index contributed by atoms with van der Waals surface area (Å²) in [7, 11) is 0. The number of aromatic nitrogens is 2. The lowest BCUT2D eigenvalue weighted by Gasteiger charge is -2.00. The van der Waals surface area contributed by atoms with E-state index >= 15 is 0 Å². The quantitative estimate of drug-likeness (QED) is 0.493. The summed E-state index contributed by atoms with van der Waals surface area (Å²) in [6.07, 6.45) is 8.73. The van der Waals surface area contributed by atoms with E-state index in [4.69, 9.17) is 4.74 Å². The van der Waals surface area contributed by atoms with Crippen LogP contribution < -0.4 is 4.74 Å². The minimum absolute atomic E-state index is 0.740. The van der Waals surface area contributed by atoms with E-state index in [1.165, 1.54) is 0 Å². The molecule has 1 heterocycles. The van der Waals surface area contributed by atoms with Crippen molar-refractivity contribution in [1.82, 2.24) is 9.78 Å². The second-order valence-corrected chi connectivity index (χ2v) is 3.22. The van der Waals surface area contributed by atoms with Gasteiger partial charge in [-0.25, -0.2) is 0 Å². The predicted molar refractivity (Wildman–Crippen MR) is 57.4 cm³/mol. The highest BCUT2D eigenvalue weighted by Crippen LogP contribution is 2.09. The zero-order valence-electron chi connectivity index (χ0n) is 8.78. The number of hydrogen-bond donors (Lipinski definition) is 0. The monoisotopic (exact) mass is 194 g/mol. The van der Waals surface area contributed by atoms with Gasteiger partial charge in [0.25, 0.3) is 0 Å². The lowest BCUT2D eigenvalue weighted by molar-refractivity contribution is 0.311. The standard InChI is InChI=1S/C11H18N2O/c1-3-5-6-8-14-11-9-12-13(10-11)7-4-2/h3,9-10H,1,4-8H2,2H3. The van der Waals surface area contributed by atoms with Crippen molar-refractivity contribution in [3.63, 3.8) is 0 Å². The highest BCUT2D eigenvalue weighted by Gasteiger charge is 1.97. The van der Waals surface area contributed by atoms with E-state index in [1.54, 1.807) is 6.20 Å². The van der Waals surface area contributed by atoms with Crippen LogP contribution in [0, 0.1) is 0 Å². The van der Waals surface area contributed by atoms with Crippen molar-refractivity contribution < 1.29 is 4.74 Å². The van der Waals surface area contributed by atoms with Gasteiger partial charge in [-0.05, 0) is 19.3 Å². The normalized spacial score (nSPS) is 10.1. The van der Waals surface area contributed by atoms with Gasteiger partial charge in [-0.2, -0.15) is 5.10 Å². The molecule has 0 bridgehead atoms. The minimum atomic E-state index is 0.740. The zero-order valence-corrected chi connectivity index (χ0v) is 8.78. The van der Waals surface area contributed by atoms with E-state index < -0.39 is 0 Å². The van der Waals surface area contributed by atoms with Crippen molar-refractivity contribution in [2.75, 3.05) is 6.61 Å². The van der Waals surface area contributed by atoms with E-state index in [1.807, 2.05) is 17.0 Å². The Morgan fingerprint density at radius 3 is 3.21 bits per heavy atom. The minimum Gasteiger partial charge on any atom is -0.490 e. The Balaban J connectivity index is 2.25. The summed E-state index contributed by atoms with van der Waals surface area (Å²) in [5.74, 6) is 0.863. The van der Waals surface area contributed by atoms with Gasteiger partial charge in [-0.3, -0.25) is 4.68 Å². The van der Waals surface area contributed by atoms with Gasteiger partial charge in [0, 0.05) is 6.54 Å². The average molecular weight is 194 g/mol. The summed E-state index contributed by atoms with van der Waals surface area (Å²) < 4.78 is 7.41. The molecule has 0 atom stereocenters. The maximum absolute atomic E-state index is 5.50. The van der Waals surface area contributed by atoms with Gasteiger partial charge < -0.3 is 4.74 Å². The maximum atomic E-state index is 5.50. The molecule has 0 aliphatic rings. The molecule has 3 nitrogen and oxygen atoms in total. The van der Waals surface area contributed by atoms with Gasteiger partial charge in [0.1, 0.15) is 0 Å². The van der Waals surface area contributed by atoms with Crippen LogP contribution in [-0.4, -0.2) is 16.4 Å². The number of hydrogen-bond acceptors (Lipinski definition) is 2. The van der Waals surface area contributed by atoms with Gasteiger partial charge in [-0.1, -0.05) is 13.0 Å². The van der Waals surface area contributed by atoms with Gasteiger partial charge in [0.15, 0.2) is 5.75 Å². The molecule has 0 spiro atoms. The zero-order chi connectivity index (χ0) is 10.2. The average Bonchev–Trinajstić information content (AvgIpc) is 2.61. The lowest BCUT2D eigenvalue weighted by Crippen LogP contribution is -1.97. The molecule has 0 aliphatic carbocycles. The molecule has 1 aromatic heterocycles. The molecule has 0 radical (unpaired) electrons. The van der Waals surface area contributed by atoms with Crippen molar-refractivity contribution >= 4 is 0 Å². The SMILES string of the molecule is C=CCCCOc1cnn(CCC)c1. The fourth-order valence-electron chi connectivity index (χ4n) is 1.19. The number of rotatable bonds is 7. The molecule has 0 saturated carbocycles. The topological polar surface area (TPSA) is 27.1 Å². The van der Waals surface area contributed by atoms with Crippen LogP contribution in [0.3, 0.4) is 0 Å². The van der Waals surface area contributed by atoms with Crippen LogP contribution in [0.5, 0.6) is 5.75 Å². The summed E-state index contributed by atoms with van der Waals surface area (Å²) >= 11 is 0. The van der Waals surface area contributed by atoms with Crippen LogP contribution in [0.4, 0.5) is 0 Å². The molecule has 1 rings (SSSR count). The highest BCUT2D eigenvalue weighted by atomic mass is 16.5. The largest absolute Gasteiger partial charge is 0.490 e. The van der Waals surface area contributed by atoms with E-state index in [2.05, 4.69) is 18.6 Å². The smallest absolute Gasteiger partial charge is 0.157 e. The number of unbranched alkanes of at least 4 members (excludes halogenated alkanes) is 1. The molecule has 0 amide bonds. The second-order valence-electron chi connectivity index (χ2n) is 3.22. The molecule has 14 heavy (non-hydrogen) atoms. The van der Waals surface area contributed by atoms with E-state index in [9.17, 15) is 0 Å². The Labute approximate surface area is 85.4 Å². The molecule has 3 heteroatoms. The predicted octanol–water partition coefficient (Wildman–Crippen LogP) is 2.64. The number of nitrogens with zero attached hydrogens (tertiary/aromatic N) is 2. The van der Waals surface area contributed by atoms with Gasteiger partial charge >= 0.3 is 0 Å². The Morgan fingerprint density at radius 2 is 2.50 bits per heavy atom. The van der Waals surface area contributed by atoms with Gasteiger partial charge in [-0.15, -0.1) is 6.58 Å². The maximum Gasteiger partial charge on any atom is 0.157 e. The Bertz CT molecular complexity index is 268. The molecule has 78 valence electrons. The second kappa shape index (κ2) is 6.24. The van der Waals surface area contributed by atoms with Crippen LogP contribution in [0.2, 0.25) is 0 Å². The fourth-order valence-corrected chi connectivity index (χ4v) is 1.19. The van der Waals surface area contributed by atoms with Crippen molar-refractivity contribution in [1.29, 1.82) is 0 Å². The number of ether oxygens (including phenoxy) is 1. The van der Waals surface area contributed by atoms with Crippen LogP contribution in [0.1, 0.15) is 26.2 Å². The highest BCUT2D eigenvalue weighted by molar-refractivity contribution is 5.11. The molecular weight excluding hydrogens is 176 g/mol. The fraction of sp³-hybridized carbons (Fsp3) is 0.545. The summed E-state index contributed by atoms with van der Waals surface area (Å²) in [4.78, 5) is 0. The first-order valence-electron chi connectivity index (χ1n) is 5.13. The molecule has 0 aliphatic heterocycles. The third-order valence-electron chi connectivity index (χ3n) is 1.88. The first-order valence-corrected chi connectivity index (χ1v) is 5.13. The van der Waals surface area contributed by atoms with Crippen molar-refractivity contribution in [3.8, 4) is 5.75 Å². The molecule has 0 aromatic carbocycles. The molecule has 1 aromatic rings. The van der Waals surface area contributed by atoms with E-state index in [0.29, 0.717) is 0 Å². The Kier molecular flexibility index (Phi) is 4.83. The molecule has 0 unspecified atom stereocenters. The summed E-state index contributed by atoms with van der Waals surface area (Å²) in [6.45, 7) is 7.49. The third kappa shape index (κ3) is 3.64. The summed E-state index contributed by atoms with van der Waals surface area (Å²) in [5, 5.41) is 4.18. The Hall–Kier alpha value is -1.25. The van der Waals surface area contributed by atoms with Gasteiger partial charge in [0.2, 0.25) is 0 Å². The van der Waals surface area contributed by atoms with E-state index in [-0.39, 0.29) is 0 Å². The molecule has 0 fully saturated rings. The summed E-state index contributed by atoms with van der Waals surface area (Å²) in [5.41, 5.74) is 0. The van der Waals surface area contributed by atoms with Crippen LogP contribution in [-0.2, 0) is 6.54 Å². The summed E-state index contributed by atoms with van der Waals surface area (Å²) in [6, 6.07) is 0. The Morgan fingerprint density at radius 1 is 1.64 bits per heavy atom. The van der Waals surface area contributed by atoms with Crippen molar-refractivity contribution in [3.05, 3.63) is 25.0 Å².